The van der Waals surface area contributed by atoms with E-state index in [4.69, 9.17) is 0 Å². The molecule has 2 rings (SSSR count). The van der Waals surface area contributed by atoms with Gasteiger partial charge < -0.3 is 9.88 Å². The lowest BCUT2D eigenvalue weighted by Gasteiger charge is -2.05. The molecule has 2 aromatic rings. The van der Waals surface area contributed by atoms with Crippen molar-refractivity contribution >= 4 is 15.9 Å². The molecule has 0 saturated heterocycles. The van der Waals surface area contributed by atoms with Crippen molar-refractivity contribution in [3.8, 4) is 0 Å². The Morgan fingerprint density at radius 3 is 2.83 bits per heavy atom. The van der Waals surface area contributed by atoms with Gasteiger partial charge in [0.1, 0.15) is 0 Å². The van der Waals surface area contributed by atoms with Crippen molar-refractivity contribution in [3.05, 3.63) is 58.3 Å². The minimum atomic E-state index is 0.912. The Kier molecular flexibility index (Phi) is 5.02. The largest absolute Gasteiger partial charge is 0.350 e. The summed E-state index contributed by atoms with van der Waals surface area (Å²) in [6.45, 7) is 5.13. The van der Waals surface area contributed by atoms with Crippen molar-refractivity contribution in [1.82, 2.24) is 9.88 Å². The first-order chi connectivity index (χ1) is 8.79. The second-order valence-electron chi connectivity index (χ2n) is 4.46. The Labute approximate surface area is 117 Å². The summed E-state index contributed by atoms with van der Waals surface area (Å²) in [5.41, 5.74) is 2.65. The van der Waals surface area contributed by atoms with Crippen LogP contribution in [0.25, 0.3) is 0 Å². The summed E-state index contributed by atoms with van der Waals surface area (Å²) in [7, 11) is 0. The molecule has 0 radical (unpaired) electrons. The number of nitrogens with zero attached hydrogens (tertiary/aromatic N) is 1. The van der Waals surface area contributed by atoms with Crippen LogP contribution in [0.4, 0.5) is 0 Å². The Bertz CT molecular complexity index is 491. The van der Waals surface area contributed by atoms with Crippen LogP contribution in [0.2, 0.25) is 0 Å². The Hall–Kier alpha value is -1.06. The third-order valence-electron chi connectivity index (χ3n) is 2.88. The second-order valence-corrected chi connectivity index (χ2v) is 5.31. The van der Waals surface area contributed by atoms with Gasteiger partial charge in [0.05, 0.1) is 0 Å². The van der Waals surface area contributed by atoms with Crippen LogP contribution in [-0.4, -0.2) is 11.1 Å². The van der Waals surface area contributed by atoms with Crippen LogP contribution in [-0.2, 0) is 13.1 Å². The number of nitrogens with one attached hydrogen (secondary N) is 1. The first kappa shape index (κ1) is 13.4. The number of hydrogen-bond acceptors (Lipinski definition) is 1. The average molecular weight is 307 g/mol. The van der Waals surface area contributed by atoms with Crippen LogP contribution < -0.4 is 5.32 Å². The number of rotatable bonds is 6. The van der Waals surface area contributed by atoms with Gasteiger partial charge >= 0.3 is 0 Å². The quantitative estimate of drug-likeness (QED) is 0.803. The molecule has 1 heterocycles. The first-order valence-electron chi connectivity index (χ1n) is 6.38. The highest BCUT2D eigenvalue weighted by atomic mass is 79.9. The molecule has 1 aromatic heterocycles. The third-order valence-corrected chi connectivity index (χ3v) is 3.65. The predicted molar refractivity (Wildman–Crippen MR) is 79.7 cm³/mol. The number of aromatic nitrogens is 1. The molecule has 2 nitrogen and oxygen atoms in total. The van der Waals surface area contributed by atoms with Crippen LogP contribution in [0, 0.1) is 0 Å². The van der Waals surface area contributed by atoms with Crippen molar-refractivity contribution in [1.29, 1.82) is 0 Å². The maximum atomic E-state index is 3.59. The van der Waals surface area contributed by atoms with Crippen molar-refractivity contribution in [2.24, 2.45) is 0 Å². The molecule has 0 atom stereocenters. The van der Waals surface area contributed by atoms with Gasteiger partial charge in [0, 0.05) is 30.0 Å². The molecule has 0 spiro atoms. The van der Waals surface area contributed by atoms with Crippen molar-refractivity contribution in [3.63, 3.8) is 0 Å². The molecule has 0 aliphatic heterocycles. The fourth-order valence-corrected chi connectivity index (χ4v) is 2.34. The summed E-state index contributed by atoms with van der Waals surface area (Å²) in [6, 6.07) is 10.5. The number of benzene rings is 1. The van der Waals surface area contributed by atoms with Crippen molar-refractivity contribution in [2.75, 3.05) is 6.54 Å². The lowest BCUT2D eigenvalue weighted by Crippen LogP contribution is -2.13. The SMILES string of the molecule is CCCNCc1ccn(Cc2ccccc2Br)c1. The highest BCUT2D eigenvalue weighted by molar-refractivity contribution is 9.10. The summed E-state index contributed by atoms with van der Waals surface area (Å²) in [4.78, 5) is 0. The van der Waals surface area contributed by atoms with E-state index in [2.05, 4.69) is 69.4 Å². The third kappa shape index (κ3) is 3.72. The summed E-state index contributed by atoms with van der Waals surface area (Å²) >= 11 is 3.59. The molecule has 96 valence electrons. The highest BCUT2D eigenvalue weighted by Gasteiger charge is 2.01. The maximum Gasteiger partial charge on any atom is 0.0481 e. The molecule has 18 heavy (non-hydrogen) atoms. The molecule has 0 amide bonds. The molecular weight excluding hydrogens is 288 g/mol. The molecule has 0 saturated carbocycles. The smallest absolute Gasteiger partial charge is 0.0481 e. The van der Waals surface area contributed by atoms with E-state index in [0.717, 1.165) is 19.6 Å². The number of halogens is 1. The van der Waals surface area contributed by atoms with E-state index in [-0.39, 0.29) is 0 Å². The molecule has 0 unspecified atom stereocenters. The maximum absolute atomic E-state index is 3.59. The molecule has 0 aliphatic carbocycles. The molecule has 0 aliphatic rings. The lowest BCUT2D eigenvalue weighted by molar-refractivity contribution is 0.673. The highest BCUT2D eigenvalue weighted by Crippen LogP contribution is 2.17. The Morgan fingerprint density at radius 1 is 1.22 bits per heavy atom. The van der Waals surface area contributed by atoms with Crippen LogP contribution in [0.3, 0.4) is 0 Å². The van der Waals surface area contributed by atoms with Crippen LogP contribution in [0.1, 0.15) is 24.5 Å². The van der Waals surface area contributed by atoms with Gasteiger partial charge in [-0.05, 0) is 36.2 Å². The predicted octanol–water partition coefficient (Wildman–Crippen LogP) is 3.80. The Balaban J connectivity index is 1.96. The van der Waals surface area contributed by atoms with E-state index in [1.165, 1.54) is 22.0 Å². The van der Waals surface area contributed by atoms with E-state index >= 15 is 0 Å². The van der Waals surface area contributed by atoms with Crippen molar-refractivity contribution in [2.45, 2.75) is 26.4 Å². The normalized spacial score (nSPS) is 10.8. The van der Waals surface area contributed by atoms with Gasteiger partial charge in [-0.3, -0.25) is 0 Å². The molecular formula is C15H19BrN2. The second kappa shape index (κ2) is 6.76. The van der Waals surface area contributed by atoms with Gasteiger partial charge in [-0.25, -0.2) is 0 Å². The molecule has 3 heteroatoms. The summed E-state index contributed by atoms with van der Waals surface area (Å²) in [5.74, 6) is 0. The zero-order valence-electron chi connectivity index (χ0n) is 10.7. The minimum absolute atomic E-state index is 0.912. The van der Waals surface area contributed by atoms with Crippen molar-refractivity contribution < 1.29 is 0 Å². The van der Waals surface area contributed by atoms with E-state index in [1.54, 1.807) is 0 Å². The van der Waals surface area contributed by atoms with Gasteiger partial charge in [-0.15, -0.1) is 0 Å². The molecule has 0 fully saturated rings. The van der Waals surface area contributed by atoms with Crippen LogP contribution >= 0.6 is 15.9 Å². The molecule has 1 N–H and O–H groups in total. The van der Waals surface area contributed by atoms with Gasteiger partial charge in [0.15, 0.2) is 0 Å². The fraction of sp³-hybridized carbons (Fsp3) is 0.333. The topological polar surface area (TPSA) is 17.0 Å². The molecule has 0 bridgehead atoms. The van der Waals surface area contributed by atoms with E-state index in [1.807, 2.05) is 6.07 Å². The average Bonchev–Trinajstić information content (AvgIpc) is 2.80. The van der Waals surface area contributed by atoms with Crippen LogP contribution in [0.15, 0.2) is 47.2 Å². The lowest BCUT2D eigenvalue weighted by atomic mass is 10.2. The fourth-order valence-electron chi connectivity index (χ4n) is 1.93. The summed E-state index contributed by atoms with van der Waals surface area (Å²) < 4.78 is 3.40. The number of hydrogen-bond donors (Lipinski definition) is 1. The van der Waals surface area contributed by atoms with Gasteiger partial charge in [-0.2, -0.15) is 0 Å². The summed E-state index contributed by atoms with van der Waals surface area (Å²) in [5, 5.41) is 3.42. The van der Waals surface area contributed by atoms with Gasteiger partial charge in [0.2, 0.25) is 0 Å². The van der Waals surface area contributed by atoms with Gasteiger partial charge in [0.25, 0.3) is 0 Å². The first-order valence-corrected chi connectivity index (χ1v) is 7.17. The monoisotopic (exact) mass is 306 g/mol. The minimum Gasteiger partial charge on any atom is -0.350 e. The standard InChI is InChI=1S/C15H19BrN2/c1-2-8-17-10-13-7-9-18(11-13)12-14-5-3-4-6-15(14)16/h3-7,9,11,17H,2,8,10,12H2,1H3. The van der Waals surface area contributed by atoms with E-state index in [9.17, 15) is 0 Å². The zero-order chi connectivity index (χ0) is 12.8. The van der Waals surface area contributed by atoms with E-state index in [0.29, 0.717) is 0 Å². The summed E-state index contributed by atoms with van der Waals surface area (Å²) in [6.07, 6.45) is 5.53. The van der Waals surface area contributed by atoms with Crippen LogP contribution in [0.5, 0.6) is 0 Å². The molecule has 1 aromatic carbocycles. The Morgan fingerprint density at radius 2 is 2.06 bits per heavy atom. The zero-order valence-corrected chi connectivity index (χ0v) is 12.3. The van der Waals surface area contributed by atoms with E-state index < -0.39 is 0 Å². The van der Waals surface area contributed by atoms with Gasteiger partial charge in [-0.1, -0.05) is 41.1 Å².